The fourth-order valence-electron chi connectivity index (χ4n) is 2.47. The molecule has 1 amide bonds. The number of nitrogens with one attached hydrogen (secondary N) is 1. The van der Waals surface area contributed by atoms with Crippen LogP contribution in [0.5, 0.6) is 5.75 Å². The van der Waals surface area contributed by atoms with Gasteiger partial charge >= 0.3 is 0 Å². The molecular formula is C18H17ClN2O2S. The van der Waals surface area contributed by atoms with Gasteiger partial charge in [0.1, 0.15) is 5.75 Å². The number of hydrogen-bond acceptors (Lipinski definition) is 4. The van der Waals surface area contributed by atoms with Crippen molar-refractivity contribution in [3.63, 3.8) is 0 Å². The monoisotopic (exact) mass is 360 g/mol. The fraction of sp³-hybridized carbons (Fsp3) is 0.222. The lowest BCUT2D eigenvalue weighted by Crippen LogP contribution is -2.20. The van der Waals surface area contributed by atoms with Crippen LogP contribution in [0.15, 0.2) is 30.3 Å². The largest absolute Gasteiger partial charge is 0.484 e. The maximum Gasteiger partial charge on any atom is 0.264 e. The van der Waals surface area contributed by atoms with Gasteiger partial charge < -0.3 is 4.74 Å². The first kappa shape index (κ1) is 16.7. The molecule has 0 atom stereocenters. The summed E-state index contributed by atoms with van der Waals surface area (Å²) in [6.45, 7) is 5.85. The van der Waals surface area contributed by atoms with Crippen LogP contribution in [0.25, 0.3) is 10.2 Å². The summed E-state index contributed by atoms with van der Waals surface area (Å²) in [4.78, 5) is 16.5. The highest BCUT2D eigenvalue weighted by molar-refractivity contribution is 7.22. The van der Waals surface area contributed by atoms with Crippen LogP contribution in [0, 0.1) is 20.8 Å². The van der Waals surface area contributed by atoms with Crippen LogP contribution in [0.4, 0.5) is 5.13 Å². The molecule has 4 nitrogen and oxygen atoms in total. The Morgan fingerprint density at radius 3 is 2.62 bits per heavy atom. The van der Waals surface area contributed by atoms with Crippen molar-refractivity contribution in [1.29, 1.82) is 0 Å². The molecular weight excluding hydrogens is 344 g/mol. The number of benzene rings is 2. The first-order valence-electron chi connectivity index (χ1n) is 7.49. The van der Waals surface area contributed by atoms with Crippen molar-refractivity contribution in [1.82, 2.24) is 4.98 Å². The Balaban J connectivity index is 1.67. The third-order valence-corrected chi connectivity index (χ3v) is 4.90. The highest BCUT2D eigenvalue weighted by Crippen LogP contribution is 2.31. The van der Waals surface area contributed by atoms with E-state index in [2.05, 4.69) is 16.4 Å². The van der Waals surface area contributed by atoms with Crippen LogP contribution in [-0.2, 0) is 4.79 Å². The van der Waals surface area contributed by atoms with Gasteiger partial charge in [-0.05, 0) is 61.7 Å². The quantitative estimate of drug-likeness (QED) is 0.720. The van der Waals surface area contributed by atoms with Crippen LogP contribution >= 0.6 is 22.9 Å². The van der Waals surface area contributed by atoms with Gasteiger partial charge in [0.2, 0.25) is 0 Å². The van der Waals surface area contributed by atoms with Crippen molar-refractivity contribution in [2.45, 2.75) is 20.8 Å². The lowest BCUT2D eigenvalue weighted by atomic mass is 10.1. The van der Waals surface area contributed by atoms with E-state index in [1.807, 2.05) is 45.0 Å². The number of fused-ring (bicyclic) bond motifs is 1. The molecule has 124 valence electrons. The number of amides is 1. The van der Waals surface area contributed by atoms with Crippen molar-refractivity contribution < 1.29 is 9.53 Å². The minimum Gasteiger partial charge on any atom is -0.484 e. The molecule has 1 aromatic heterocycles. The maximum atomic E-state index is 12.1. The Morgan fingerprint density at radius 1 is 1.21 bits per heavy atom. The Hall–Kier alpha value is -2.11. The Bertz CT molecular complexity index is 901. The minimum atomic E-state index is -0.239. The summed E-state index contributed by atoms with van der Waals surface area (Å²) in [6.07, 6.45) is 0. The molecule has 0 spiro atoms. The summed E-state index contributed by atoms with van der Waals surface area (Å²) in [5, 5.41) is 3.99. The van der Waals surface area contributed by atoms with E-state index in [-0.39, 0.29) is 12.5 Å². The predicted molar refractivity (Wildman–Crippen MR) is 99.4 cm³/mol. The summed E-state index contributed by atoms with van der Waals surface area (Å²) in [5.74, 6) is 0.451. The van der Waals surface area contributed by atoms with Crippen LogP contribution in [-0.4, -0.2) is 17.5 Å². The summed E-state index contributed by atoms with van der Waals surface area (Å²) >= 11 is 7.52. The fourth-order valence-corrected chi connectivity index (χ4v) is 3.57. The molecule has 1 heterocycles. The normalized spacial score (nSPS) is 10.8. The number of halogens is 1. The number of carbonyl (C=O) groups excluding carboxylic acids is 1. The van der Waals surface area contributed by atoms with E-state index in [0.717, 1.165) is 26.9 Å². The number of nitrogens with zero attached hydrogens (tertiary/aromatic N) is 1. The number of rotatable bonds is 4. The number of hydrogen-bond donors (Lipinski definition) is 1. The Labute approximate surface area is 149 Å². The van der Waals surface area contributed by atoms with Crippen LogP contribution in [0.3, 0.4) is 0 Å². The highest BCUT2D eigenvalue weighted by atomic mass is 35.5. The molecule has 0 aliphatic heterocycles. The molecule has 24 heavy (non-hydrogen) atoms. The molecule has 0 aliphatic rings. The molecule has 3 rings (SSSR count). The van der Waals surface area contributed by atoms with Gasteiger partial charge in [-0.3, -0.25) is 10.1 Å². The molecule has 0 aliphatic carbocycles. The molecule has 0 bridgehead atoms. The predicted octanol–water partition coefficient (Wildman–Crippen LogP) is 4.89. The van der Waals surface area contributed by atoms with Gasteiger partial charge in [-0.25, -0.2) is 4.98 Å². The van der Waals surface area contributed by atoms with E-state index in [0.29, 0.717) is 15.9 Å². The minimum absolute atomic E-state index is 0.0570. The van der Waals surface area contributed by atoms with E-state index in [1.165, 1.54) is 11.3 Å². The van der Waals surface area contributed by atoms with E-state index < -0.39 is 0 Å². The van der Waals surface area contributed by atoms with Gasteiger partial charge in [0.25, 0.3) is 5.91 Å². The van der Waals surface area contributed by atoms with E-state index >= 15 is 0 Å². The highest BCUT2D eigenvalue weighted by Gasteiger charge is 2.11. The van der Waals surface area contributed by atoms with E-state index in [9.17, 15) is 4.79 Å². The molecule has 0 saturated heterocycles. The Morgan fingerprint density at radius 2 is 1.92 bits per heavy atom. The summed E-state index contributed by atoms with van der Waals surface area (Å²) < 4.78 is 6.55. The van der Waals surface area contributed by atoms with Crippen molar-refractivity contribution in [3.05, 3.63) is 52.0 Å². The standard InChI is InChI=1S/C18H17ClN2O2S/c1-10-6-11(2)8-13(7-10)23-9-16(22)20-18-21-17-12(3)14(19)4-5-15(17)24-18/h4-8H,9H2,1-3H3,(H,20,21,22). The second kappa shape index (κ2) is 6.79. The molecule has 0 unspecified atom stereocenters. The lowest BCUT2D eigenvalue weighted by Gasteiger charge is -2.07. The number of aromatic nitrogens is 1. The zero-order valence-electron chi connectivity index (χ0n) is 13.6. The van der Waals surface area contributed by atoms with Gasteiger partial charge in [-0.1, -0.05) is 29.0 Å². The third kappa shape index (κ3) is 3.68. The van der Waals surface area contributed by atoms with Gasteiger partial charge in [-0.2, -0.15) is 0 Å². The number of thiazole rings is 1. The number of carbonyl (C=O) groups is 1. The van der Waals surface area contributed by atoms with E-state index in [4.69, 9.17) is 16.3 Å². The molecule has 0 radical (unpaired) electrons. The van der Waals surface area contributed by atoms with Gasteiger partial charge in [0.15, 0.2) is 11.7 Å². The average Bonchev–Trinajstić information content (AvgIpc) is 2.91. The topological polar surface area (TPSA) is 51.2 Å². The Kier molecular flexibility index (Phi) is 4.73. The molecule has 2 aromatic carbocycles. The third-order valence-electron chi connectivity index (χ3n) is 3.56. The molecule has 0 fully saturated rings. The van der Waals surface area contributed by atoms with Crippen molar-refractivity contribution in [2.24, 2.45) is 0 Å². The molecule has 0 saturated carbocycles. The van der Waals surface area contributed by atoms with E-state index in [1.54, 1.807) is 0 Å². The lowest BCUT2D eigenvalue weighted by molar-refractivity contribution is -0.118. The SMILES string of the molecule is Cc1cc(C)cc(OCC(=O)Nc2nc3c(C)c(Cl)ccc3s2)c1. The van der Waals surface area contributed by atoms with Crippen LogP contribution < -0.4 is 10.1 Å². The van der Waals surface area contributed by atoms with Gasteiger partial charge in [0, 0.05) is 5.02 Å². The summed E-state index contributed by atoms with van der Waals surface area (Å²) in [6, 6.07) is 9.62. The van der Waals surface area contributed by atoms with Crippen LogP contribution in [0.1, 0.15) is 16.7 Å². The zero-order valence-corrected chi connectivity index (χ0v) is 15.2. The smallest absolute Gasteiger partial charge is 0.264 e. The van der Waals surface area contributed by atoms with Gasteiger partial charge in [0.05, 0.1) is 10.2 Å². The second-order valence-corrected chi connectivity index (χ2v) is 7.14. The first-order chi connectivity index (χ1) is 11.4. The van der Waals surface area contributed by atoms with Gasteiger partial charge in [-0.15, -0.1) is 0 Å². The number of ether oxygens (including phenoxy) is 1. The molecule has 6 heteroatoms. The summed E-state index contributed by atoms with van der Waals surface area (Å²) in [5.41, 5.74) is 3.93. The van der Waals surface area contributed by atoms with Crippen molar-refractivity contribution >= 4 is 44.2 Å². The second-order valence-electron chi connectivity index (χ2n) is 5.70. The number of aryl methyl sites for hydroxylation is 3. The first-order valence-corrected chi connectivity index (χ1v) is 8.68. The van der Waals surface area contributed by atoms with Crippen molar-refractivity contribution in [3.8, 4) is 5.75 Å². The average molecular weight is 361 g/mol. The molecule has 1 N–H and O–H groups in total. The zero-order chi connectivity index (χ0) is 17.3. The number of anilines is 1. The summed E-state index contributed by atoms with van der Waals surface area (Å²) in [7, 11) is 0. The van der Waals surface area contributed by atoms with Crippen molar-refractivity contribution in [2.75, 3.05) is 11.9 Å². The maximum absolute atomic E-state index is 12.1. The molecule has 3 aromatic rings. The van der Waals surface area contributed by atoms with Crippen LogP contribution in [0.2, 0.25) is 5.02 Å².